The predicted molar refractivity (Wildman–Crippen MR) is 215 cm³/mol. The van der Waals surface area contributed by atoms with Crippen LogP contribution in [0.3, 0.4) is 0 Å². The van der Waals surface area contributed by atoms with Gasteiger partial charge in [0.15, 0.2) is 0 Å². The molecule has 51 heavy (non-hydrogen) atoms. The van der Waals surface area contributed by atoms with E-state index < -0.39 is 0 Å². The Morgan fingerprint density at radius 1 is 0.235 bits per heavy atom. The maximum atomic E-state index is 2.43. The SMILES string of the molecule is c1ccc(-c2ccc3c(c2)c2ccccc2n3-c2ccc(-n3c4ccccc4c4c5c6ccccc6n(-c6ccccc6)c5ccc43)cc2)cc1. The lowest BCUT2D eigenvalue weighted by Crippen LogP contribution is -1.97. The van der Waals surface area contributed by atoms with Crippen LogP contribution in [0.25, 0.3) is 93.6 Å². The highest BCUT2D eigenvalue weighted by atomic mass is 15.0. The number of fused-ring (bicyclic) bond motifs is 10. The number of para-hydroxylation sites is 4. The molecule has 0 radical (unpaired) electrons. The van der Waals surface area contributed by atoms with Gasteiger partial charge in [0.1, 0.15) is 0 Å². The normalized spacial score (nSPS) is 11.9. The number of nitrogens with zero attached hydrogens (tertiary/aromatic N) is 3. The van der Waals surface area contributed by atoms with Gasteiger partial charge in [-0.3, -0.25) is 0 Å². The van der Waals surface area contributed by atoms with Crippen LogP contribution < -0.4 is 0 Å². The van der Waals surface area contributed by atoms with Crippen LogP contribution >= 0.6 is 0 Å². The van der Waals surface area contributed by atoms with Gasteiger partial charge in [0, 0.05) is 49.4 Å². The van der Waals surface area contributed by atoms with Crippen LogP contribution in [0.2, 0.25) is 0 Å². The Bertz CT molecular complexity index is 3110. The zero-order chi connectivity index (χ0) is 33.5. The van der Waals surface area contributed by atoms with Crippen molar-refractivity contribution in [3.63, 3.8) is 0 Å². The van der Waals surface area contributed by atoms with E-state index in [1.54, 1.807) is 0 Å². The highest BCUT2D eigenvalue weighted by Crippen LogP contribution is 2.42. The molecule has 3 heteroatoms. The highest BCUT2D eigenvalue weighted by molar-refractivity contribution is 6.29. The van der Waals surface area contributed by atoms with E-state index in [1.165, 1.54) is 82.2 Å². The van der Waals surface area contributed by atoms with Gasteiger partial charge in [0.2, 0.25) is 0 Å². The van der Waals surface area contributed by atoms with Crippen LogP contribution in [0.5, 0.6) is 0 Å². The van der Waals surface area contributed by atoms with E-state index in [9.17, 15) is 0 Å². The molecule has 11 rings (SSSR count). The average Bonchev–Trinajstić information content (AvgIpc) is 3.84. The second kappa shape index (κ2) is 10.8. The minimum Gasteiger partial charge on any atom is -0.309 e. The summed E-state index contributed by atoms with van der Waals surface area (Å²) < 4.78 is 7.23. The fourth-order valence-electron chi connectivity index (χ4n) is 8.46. The minimum atomic E-state index is 1.14. The second-order valence-corrected chi connectivity index (χ2v) is 13.4. The van der Waals surface area contributed by atoms with E-state index in [2.05, 4.69) is 202 Å². The topological polar surface area (TPSA) is 14.8 Å². The summed E-state index contributed by atoms with van der Waals surface area (Å²) in [5.41, 5.74) is 13.2. The second-order valence-electron chi connectivity index (χ2n) is 13.4. The van der Waals surface area contributed by atoms with Crippen molar-refractivity contribution in [2.45, 2.75) is 0 Å². The molecule has 0 aliphatic carbocycles. The molecule has 0 amide bonds. The fourth-order valence-corrected chi connectivity index (χ4v) is 8.46. The van der Waals surface area contributed by atoms with E-state index in [0.29, 0.717) is 0 Å². The molecule has 0 bridgehead atoms. The lowest BCUT2D eigenvalue weighted by Gasteiger charge is -2.12. The van der Waals surface area contributed by atoms with Gasteiger partial charge in [-0.2, -0.15) is 0 Å². The van der Waals surface area contributed by atoms with Crippen molar-refractivity contribution in [3.05, 3.63) is 188 Å². The zero-order valence-corrected chi connectivity index (χ0v) is 27.7. The summed E-state index contributed by atoms with van der Waals surface area (Å²) >= 11 is 0. The minimum absolute atomic E-state index is 1.14. The summed E-state index contributed by atoms with van der Waals surface area (Å²) in [6.07, 6.45) is 0. The number of aromatic nitrogens is 3. The predicted octanol–water partition coefficient (Wildman–Crippen LogP) is 12.6. The van der Waals surface area contributed by atoms with Gasteiger partial charge < -0.3 is 13.7 Å². The number of hydrogen-bond acceptors (Lipinski definition) is 0. The summed E-state index contributed by atoms with van der Waals surface area (Å²) in [4.78, 5) is 0. The molecular formula is C48H31N3. The van der Waals surface area contributed by atoms with Crippen molar-refractivity contribution >= 4 is 65.4 Å². The number of rotatable bonds is 4. The smallest absolute Gasteiger partial charge is 0.0548 e. The third kappa shape index (κ3) is 4.06. The molecule has 0 saturated carbocycles. The summed E-state index contributed by atoms with van der Waals surface area (Å²) in [6.45, 7) is 0. The summed E-state index contributed by atoms with van der Waals surface area (Å²) in [5, 5.41) is 7.62. The van der Waals surface area contributed by atoms with Crippen molar-refractivity contribution in [1.82, 2.24) is 13.7 Å². The summed E-state index contributed by atoms with van der Waals surface area (Å²) in [6, 6.07) is 68.3. The van der Waals surface area contributed by atoms with E-state index >= 15 is 0 Å². The average molecular weight is 650 g/mol. The third-order valence-electron chi connectivity index (χ3n) is 10.6. The quantitative estimate of drug-likeness (QED) is 0.180. The van der Waals surface area contributed by atoms with Crippen LogP contribution in [-0.4, -0.2) is 13.7 Å². The molecule has 8 aromatic carbocycles. The van der Waals surface area contributed by atoms with Gasteiger partial charge in [-0.25, -0.2) is 0 Å². The zero-order valence-electron chi connectivity index (χ0n) is 27.7. The number of hydrogen-bond donors (Lipinski definition) is 0. The van der Waals surface area contributed by atoms with E-state index in [-0.39, 0.29) is 0 Å². The fraction of sp³-hybridized carbons (Fsp3) is 0. The molecule has 3 nitrogen and oxygen atoms in total. The highest BCUT2D eigenvalue weighted by Gasteiger charge is 2.20. The molecule has 3 heterocycles. The van der Waals surface area contributed by atoms with Crippen molar-refractivity contribution in [2.24, 2.45) is 0 Å². The van der Waals surface area contributed by atoms with Crippen molar-refractivity contribution in [1.29, 1.82) is 0 Å². The Kier molecular flexibility index (Phi) is 5.96. The Hall–Kier alpha value is -6.84. The first-order valence-electron chi connectivity index (χ1n) is 17.5. The molecule has 0 N–H and O–H groups in total. The summed E-state index contributed by atoms with van der Waals surface area (Å²) in [5.74, 6) is 0. The largest absolute Gasteiger partial charge is 0.309 e. The molecule has 0 aliphatic rings. The van der Waals surface area contributed by atoms with Crippen molar-refractivity contribution < 1.29 is 0 Å². The van der Waals surface area contributed by atoms with Crippen LogP contribution in [0.4, 0.5) is 0 Å². The third-order valence-corrected chi connectivity index (χ3v) is 10.6. The van der Waals surface area contributed by atoms with Crippen LogP contribution in [0.15, 0.2) is 188 Å². The van der Waals surface area contributed by atoms with Crippen LogP contribution in [0.1, 0.15) is 0 Å². The van der Waals surface area contributed by atoms with E-state index in [1.807, 2.05) is 0 Å². The Morgan fingerprint density at radius 2 is 0.627 bits per heavy atom. The van der Waals surface area contributed by atoms with Gasteiger partial charge in [-0.05, 0) is 90.0 Å². The van der Waals surface area contributed by atoms with Crippen molar-refractivity contribution in [3.8, 4) is 28.2 Å². The van der Waals surface area contributed by atoms with Crippen LogP contribution in [0, 0.1) is 0 Å². The molecule has 0 fully saturated rings. The monoisotopic (exact) mass is 649 g/mol. The Balaban J connectivity index is 1.12. The first-order chi connectivity index (χ1) is 25.3. The van der Waals surface area contributed by atoms with Crippen molar-refractivity contribution in [2.75, 3.05) is 0 Å². The standard InChI is InChI=1S/C48H31N3/c1-3-13-32(14-4-1)33-23-28-44-40(31-33)37-17-7-10-20-41(37)49(44)35-24-26-36(27-25-35)51-43-22-12-9-19-39(43)48-46(51)30-29-45-47(48)38-18-8-11-21-42(38)50(45)34-15-5-2-6-16-34/h1-31H. The number of benzene rings is 8. The lowest BCUT2D eigenvalue weighted by molar-refractivity contribution is 1.14. The molecule has 3 aromatic heterocycles. The first-order valence-corrected chi connectivity index (χ1v) is 17.5. The molecule has 238 valence electrons. The first kappa shape index (κ1) is 28.0. The van der Waals surface area contributed by atoms with Gasteiger partial charge in [-0.15, -0.1) is 0 Å². The molecule has 0 atom stereocenters. The molecule has 0 aliphatic heterocycles. The maximum Gasteiger partial charge on any atom is 0.0548 e. The maximum absolute atomic E-state index is 2.43. The van der Waals surface area contributed by atoms with E-state index in [4.69, 9.17) is 0 Å². The molecule has 11 aromatic rings. The van der Waals surface area contributed by atoms with Gasteiger partial charge in [-0.1, -0.05) is 109 Å². The van der Waals surface area contributed by atoms with E-state index in [0.717, 1.165) is 11.4 Å². The van der Waals surface area contributed by atoms with Gasteiger partial charge in [0.25, 0.3) is 0 Å². The van der Waals surface area contributed by atoms with Gasteiger partial charge >= 0.3 is 0 Å². The summed E-state index contributed by atoms with van der Waals surface area (Å²) in [7, 11) is 0. The molecule has 0 saturated heterocycles. The van der Waals surface area contributed by atoms with Crippen LogP contribution in [-0.2, 0) is 0 Å². The van der Waals surface area contributed by atoms with Gasteiger partial charge in [0.05, 0.1) is 33.1 Å². The Labute approximate surface area is 294 Å². The molecule has 0 spiro atoms. The lowest BCUT2D eigenvalue weighted by atomic mass is 10.0. The molecular weight excluding hydrogens is 619 g/mol. The molecule has 0 unspecified atom stereocenters. The Morgan fingerprint density at radius 3 is 1.20 bits per heavy atom.